The molecule has 0 bridgehead atoms. The van der Waals surface area contributed by atoms with Crippen LogP contribution in [0.5, 0.6) is 0 Å². The summed E-state index contributed by atoms with van der Waals surface area (Å²) in [7, 11) is 0. The Morgan fingerprint density at radius 3 is 2.68 bits per heavy atom. The molecule has 0 radical (unpaired) electrons. The lowest BCUT2D eigenvalue weighted by atomic mass is 9.75. The summed E-state index contributed by atoms with van der Waals surface area (Å²) in [5.74, 6) is 0.535. The first kappa shape index (κ1) is 17.9. The van der Waals surface area contributed by atoms with E-state index in [9.17, 15) is 4.79 Å². The van der Waals surface area contributed by atoms with Crippen molar-refractivity contribution in [2.45, 2.75) is 32.2 Å². The Balaban J connectivity index is 2.06. The van der Waals surface area contributed by atoms with Crippen molar-refractivity contribution in [1.29, 1.82) is 0 Å². The van der Waals surface area contributed by atoms with Crippen LogP contribution >= 0.6 is 23.2 Å². The van der Waals surface area contributed by atoms with Crippen molar-refractivity contribution in [1.82, 2.24) is 9.97 Å². The Hall–Kier alpha value is -1.91. The normalized spacial score (nSPS) is 23.6. The van der Waals surface area contributed by atoms with Gasteiger partial charge in [-0.25, -0.2) is 9.97 Å². The number of carbonyl (C=O) groups is 1. The molecular weight excluding hydrogens is 357 g/mol. The smallest absolute Gasteiger partial charge is 0.234 e. The molecule has 1 saturated heterocycles. The molecule has 1 amide bonds. The minimum atomic E-state index is -0.498. The third kappa shape index (κ3) is 3.55. The van der Waals surface area contributed by atoms with Crippen LogP contribution in [0, 0.1) is 5.41 Å². The van der Waals surface area contributed by atoms with Crippen LogP contribution in [-0.2, 0) is 4.79 Å². The van der Waals surface area contributed by atoms with E-state index in [1.165, 1.54) is 0 Å². The van der Waals surface area contributed by atoms with Crippen LogP contribution in [0.15, 0.2) is 49.2 Å². The van der Waals surface area contributed by atoms with Crippen LogP contribution in [0.25, 0.3) is 0 Å². The highest BCUT2D eigenvalue weighted by Crippen LogP contribution is 2.44. The van der Waals surface area contributed by atoms with Crippen LogP contribution in [0.4, 0.5) is 5.82 Å². The predicted octanol–water partition coefficient (Wildman–Crippen LogP) is 5.23. The zero-order chi connectivity index (χ0) is 18.0. The summed E-state index contributed by atoms with van der Waals surface area (Å²) in [4.78, 5) is 23.3. The van der Waals surface area contributed by atoms with Crippen molar-refractivity contribution in [2.75, 3.05) is 4.90 Å². The molecule has 0 saturated carbocycles. The number of aromatic nitrogens is 2. The van der Waals surface area contributed by atoms with E-state index in [4.69, 9.17) is 23.2 Å². The van der Waals surface area contributed by atoms with Gasteiger partial charge in [0.1, 0.15) is 5.82 Å². The van der Waals surface area contributed by atoms with Crippen molar-refractivity contribution in [3.8, 4) is 0 Å². The van der Waals surface area contributed by atoms with Crippen LogP contribution in [-0.4, -0.2) is 15.9 Å². The standard InChI is InChI=1S/C19H19Cl2N3O/c1-3-10-19(2)11-8-15(13-4-6-14(20)7-5-13)24(17(19)25)16-9-12-22-18(21)23-16/h3-7,9,12,15H,1,8,10-11H2,2H3/t15-,19-/m0/s1. The first-order valence-electron chi connectivity index (χ1n) is 8.13. The molecule has 0 unspecified atom stereocenters. The van der Waals surface area contributed by atoms with E-state index < -0.39 is 5.41 Å². The summed E-state index contributed by atoms with van der Waals surface area (Å²) in [5.41, 5.74) is 0.524. The number of amides is 1. The second-order valence-electron chi connectivity index (χ2n) is 6.52. The minimum Gasteiger partial charge on any atom is -0.289 e. The number of anilines is 1. The molecule has 3 rings (SSSR count). The third-order valence-corrected chi connectivity index (χ3v) is 5.16. The van der Waals surface area contributed by atoms with Crippen LogP contribution in [0.1, 0.15) is 37.8 Å². The van der Waals surface area contributed by atoms with E-state index >= 15 is 0 Å². The molecule has 2 heterocycles. The lowest BCUT2D eigenvalue weighted by Gasteiger charge is -2.44. The summed E-state index contributed by atoms with van der Waals surface area (Å²) < 4.78 is 0. The predicted molar refractivity (Wildman–Crippen MR) is 101 cm³/mol. The van der Waals surface area contributed by atoms with E-state index in [1.54, 1.807) is 23.2 Å². The number of nitrogens with zero attached hydrogens (tertiary/aromatic N) is 3. The van der Waals surface area contributed by atoms with Gasteiger partial charge < -0.3 is 0 Å². The third-order valence-electron chi connectivity index (χ3n) is 4.72. The Morgan fingerprint density at radius 1 is 1.32 bits per heavy atom. The van der Waals surface area contributed by atoms with Crippen molar-refractivity contribution in [2.24, 2.45) is 5.41 Å². The Morgan fingerprint density at radius 2 is 2.04 bits per heavy atom. The van der Waals surface area contributed by atoms with E-state index in [2.05, 4.69) is 16.5 Å². The molecule has 0 N–H and O–H groups in total. The molecule has 6 heteroatoms. The summed E-state index contributed by atoms with van der Waals surface area (Å²) in [5, 5.41) is 0.787. The number of piperidine rings is 1. The second-order valence-corrected chi connectivity index (χ2v) is 7.29. The molecule has 1 aliphatic heterocycles. The number of carbonyl (C=O) groups excluding carboxylic acids is 1. The molecule has 2 aromatic rings. The second kappa shape index (κ2) is 7.14. The SMILES string of the molecule is C=CC[C@@]1(C)CC[C@@H](c2ccc(Cl)cc2)N(c2ccnc(Cl)n2)C1=O. The van der Waals surface area contributed by atoms with Gasteiger partial charge >= 0.3 is 0 Å². The Labute approximate surface area is 157 Å². The molecule has 1 aliphatic rings. The van der Waals surface area contributed by atoms with Crippen molar-refractivity contribution >= 4 is 34.9 Å². The summed E-state index contributed by atoms with van der Waals surface area (Å²) in [6, 6.07) is 9.17. The first-order chi connectivity index (χ1) is 11.9. The van der Waals surface area contributed by atoms with Crippen LogP contribution in [0.2, 0.25) is 10.3 Å². The largest absolute Gasteiger partial charge is 0.289 e. The van der Waals surface area contributed by atoms with Crippen molar-refractivity contribution < 1.29 is 4.79 Å². The highest BCUT2D eigenvalue weighted by Gasteiger charge is 2.44. The average molecular weight is 376 g/mol. The zero-order valence-electron chi connectivity index (χ0n) is 14.0. The molecule has 1 aromatic carbocycles. The molecule has 2 atom stereocenters. The zero-order valence-corrected chi connectivity index (χ0v) is 15.5. The molecule has 130 valence electrons. The quantitative estimate of drug-likeness (QED) is 0.542. The molecule has 25 heavy (non-hydrogen) atoms. The number of hydrogen-bond acceptors (Lipinski definition) is 3. The van der Waals surface area contributed by atoms with Crippen molar-refractivity contribution in [3.05, 3.63) is 65.1 Å². The van der Waals surface area contributed by atoms with Crippen LogP contribution < -0.4 is 4.90 Å². The average Bonchev–Trinajstić information content (AvgIpc) is 2.58. The number of rotatable bonds is 4. The maximum atomic E-state index is 13.3. The van der Waals surface area contributed by atoms with E-state index in [0.29, 0.717) is 17.3 Å². The van der Waals surface area contributed by atoms with Gasteiger partial charge in [0.15, 0.2) is 0 Å². The fourth-order valence-electron chi connectivity index (χ4n) is 3.36. The van der Waals surface area contributed by atoms with Crippen LogP contribution in [0.3, 0.4) is 0 Å². The molecule has 1 aromatic heterocycles. The van der Waals surface area contributed by atoms with E-state index in [1.807, 2.05) is 31.2 Å². The lowest BCUT2D eigenvalue weighted by molar-refractivity contribution is -0.130. The maximum Gasteiger partial charge on any atom is 0.234 e. The molecule has 0 aliphatic carbocycles. The fraction of sp³-hybridized carbons (Fsp3) is 0.316. The maximum absolute atomic E-state index is 13.3. The van der Waals surface area contributed by atoms with Gasteiger partial charge in [-0.15, -0.1) is 6.58 Å². The highest BCUT2D eigenvalue weighted by atomic mass is 35.5. The van der Waals surface area contributed by atoms with Gasteiger partial charge in [0.05, 0.1) is 11.5 Å². The summed E-state index contributed by atoms with van der Waals surface area (Å²) in [6.07, 6.45) is 5.58. The van der Waals surface area contributed by atoms with Crippen molar-refractivity contribution in [3.63, 3.8) is 0 Å². The van der Waals surface area contributed by atoms with Gasteiger partial charge in [-0.3, -0.25) is 9.69 Å². The Bertz CT molecular complexity index is 794. The van der Waals surface area contributed by atoms with Gasteiger partial charge in [0.25, 0.3) is 0 Å². The first-order valence-corrected chi connectivity index (χ1v) is 8.89. The Kier molecular flexibility index (Phi) is 5.11. The number of benzene rings is 1. The van der Waals surface area contributed by atoms with E-state index in [0.717, 1.165) is 18.4 Å². The number of halogens is 2. The molecular formula is C19H19Cl2N3O. The van der Waals surface area contributed by atoms with E-state index in [-0.39, 0.29) is 17.2 Å². The van der Waals surface area contributed by atoms with Gasteiger partial charge in [-0.1, -0.05) is 36.7 Å². The topological polar surface area (TPSA) is 46.1 Å². The highest BCUT2D eigenvalue weighted by molar-refractivity contribution is 6.30. The van der Waals surface area contributed by atoms with Gasteiger partial charge in [-0.05, 0) is 54.6 Å². The fourth-order valence-corrected chi connectivity index (χ4v) is 3.63. The van der Waals surface area contributed by atoms with Gasteiger partial charge in [-0.2, -0.15) is 0 Å². The molecule has 1 fully saturated rings. The minimum absolute atomic E-state index is 0.0216. The number of allylic oxidation sites excluding steroid dienone is 1. The number of hydrogen-bond donors (Lipinski definition) is 0. The van der Waals surface area contributed by atoms with Gasteiger partial charge in [0, 0.05) is 11.2 Å². The molecule has 0 spiro atoms. The monoisotopic (exact) mass is 375 g/mol. The summed E-state index contributed by atoms with van der Waals surface area (Å²) in [6.45, 7) is 5.78. The molecule has 4 nitrogen and oxygen atoms in total. The lowest BCUT2D eigenvalue weighted by Crippen LogP contribution is -2.49. The van der Waals surface area contributed by atoms with Gasteiger partial charge in [0.2, 0.25) is 11.2 Å². The summed E-state index contributed by atoms with van der Waals surface area (Å²) >= 11 is 12.0.